The van der Waals surface area contributed by atoms with Crippen LogP contribution >= 0.6 is 0 Å². The third-order valence-corrected chi connectivity index (χ3v) is 3.72. The van der Waals surface area contributed by atoms with Crippen molar-refractivity contribution in [1.82, 2.24) is 10.6 Å². The number of hydrogen-bond donors (Lipinski definition) is 3. The molecule has 0 aliphatic heterocycles. The highest BCUT2D eigenvalue weighted by Crippen LogP contribution is 2.34. The summed E-state index contributed by atoms with van der Waals surface area (Å²) in [7, 11) is 0. The monoisotopic (exact) mass is 242 g/mol. The number of carboxylic acids is 1. The summed E-state index contributed by atoms with van der Waals surface area (Å²) < 4.78 is 0. The summed E-state index contributed by atoms with van der Waals surface area (Å²) in [4.78, 5) is 22.4. The zero-order valence-electron chi connectivity index (χ0n) is 10.6. The van der Waals surface area contributed by atoms with Crippen LogP contribution < -0.4 is 10.6 Å². The smallest absolute Gasteiger partial charge is 0.315 e. The van der Waals surface area contributed by atoms with E-state index in [4.69, 9.17) is 5.11 Å². The summed E-state index contributed by atoms with van der Waals surface area (Å²) in [6.45, 7) is 4.06. The minimum absolute atomic E-state index is 0.0466. The molecule has 1 aliphatic carbocycles. The van der Waals surface area contributed by atoms with Crippen LogP contribution in [0.25, 0.3) is 0 Å². The van der Waals surface area contributed by atoms with Gasteiger partial charge in [0.05, 0.1) is 5.92 Å². The van der Waals surface area contributed by atoms with Gasteiger partial charge in [0.2, 0.25) is 0 Å². The van der Waals surface area contributed by atoms with E-state index in [1.54, 1.807) is 6.92 Å². The van der Waals surface area contributed by atoms with Crippen molar-refractivity contribution in [3.05, 3.63) is 0 Å². The number of nitrogens with one attached hydrogen (secondary N) is 2. The quantitative estimate of drug-likeness (QED) is 0.663. The normalized spacial score (nSPS) is 18.9. The third-order valence-electron chi connectivity index (χ3n) is 3.72. The van der Waals surface area contributed by atoms with Gasteiger partial charge in [-0.25, -0.2) is 4.79 Å². The maximum Gasteiger partial charge on any atom is 0.315 e. The number of amides is 2. The van der Waals surface area contributed by atoms with Gasteiger partial charge < -0.3 is 15.7 Å². The van der Waals surface area contributed by atoms with Crippen molar-refractivity contribution in [3.8, 4) is 0 Å². The molecule has 5 nitrogen and oxygen atoms in total. The van der Waals surface area contributed by atoms with Crippen LogP contribution in [0.15, 0.2) is 0 Å². The van der Waals surface area contributed by atoms with E-state index in [1.807, 2.05) is 0 Å². The largest absolute Gasteiger partial charge is 0.481 e. The van der Waals surface area contributed by atoms with E-state index in [0.717, 1.165) is 25.7 Å². The Morgan fingerprint density at radius 1 is 1.35 bits per heavy atom. The first kappa shape index (κ1) is 13.8. The summed E-state index contributed by atoms with van der Waals surface area (Å²) >= 11 is 0. The Hall–Kier alpha value is -1.26. The molecule has 1 saturated carbocycles. The van der Waals surface area contributed by atoms with Gasteiger partial charge in [0.25, 0.3) is 0 Å². The predicted molar refractivity (Wildman–Crippen MR) is 64.8 cm³/mol. The van der Waals surface area contributed by atoms with Crippen molar-refractivity contribution in [1.29, 1.82) is 0 Å². The van der Waals surface area contributed by atoms with Crippen LogP contribution in [0.2, 0.25) is 0 Å². The summed E-state index contributed by atoms with van der Waals surface area (Å²) in [6, 6.07) is -0.244. The van der Waals surface area contributed by atoms with E-state index in [2.05, 4.69) is 17.6 Å². The molecule has 1 aliphatic rings. The zero-order chi connectivity index (χ0) is 12.9. The Kier molecular flexibility index (Phi) is 4.78. The summed E-state index contributed by atoms with van der Waals surface area (Å²) in [6.07, 6.45) is 4.64. The summed E-state index contributed by atoms with van der Waals surface area (Å²) in [5.41, 5.74) is -0.0466. The predicted octanol–water partition coefficient (Wildman–Crippen LogP) is 1.73. The fourth-order valence-electron chi connectivity index (χ4n) is 2.08. The van der Waals surface area contributed by atoms with Crippen molar-refractivity contribution < 1.29 is 14.7 Å². The first-order valence-corrected chi connectivity index (χ1v) is 6.32. The standard InChI is InChI=1S/C12H22N2O3/c1-3-9(10(15)16)8-13-11(17)14-12(4-2)6-5-7-12/h9H,3-8H2,1-2H3,(H,15,16)(H2,13,14,17). The van der Waals surface area contributed by atoms with Crippen LogP contribution in [0.5, 0.6) is 0 Å². The minimum Gasteiger partial charge on any atom is -0.481 e. The Labute approximate surface area is 102 Å². The number of rotatable bonds is 6. The van der Waals surface area contributed by atoms with Crippen molar-refractivity contribution >= 4 is 12.0 Å². The number of aliphatic carboxylic acids is 1. The lowest BCUT2D eigenvalue weighted by Gasteiger charge is -2.41. The van der Waals surface area contributed by atoms with Crippen LogP contribution in [0.4, 0.5) is 4.79 Å². The fourth-order valence-corrected chi connectivity index (χ4v) is 2.08. The number of urea groups is 1. The highest BCUT2D eigenvalue weighted by molar-refractivity contribution is 5.76. The van der Waals surface area contributed by atoms with Gasteiger partial charge in [-0.05, 0) is 32.1 Å². The van der Waals surface area contributed by atoms with Crippen LogP contribution in [0.1, 0.15) is 46.0 Å². The molecule has 0 saturated heterocycles. The van der Waals surface area contributed by atoms with Crippen LogP contribution in [0.3, 0.4) is 0 Å². The van der Waals surface area contributed by atoms with Crippen molar-refractivity contribution in [3.63, 3.8) is 0 Å². The Morgan fingerprint density at radius 3 is 2.35 bits per heavy atom. The Bertz CT molecular complexity index is 282. The lowest BCUT2D eigenvalue weighted by Crippen LogP contribution is -2.56. The van der Waals surface area contributed by atoms with Gasteiger partial charge in [-0.15, -0.1) is 0 Å². The van der Waals surface area contributed by atoms with E-state index >= 15 is 0 Å². The fraction of sp³-hybridized carbons (Fsp3) is 0.833. The topological polar surface area (TPSA) is 78.4 Å². The maximum absolute atomic E-state index is 11.6. The third kappa shape index (κ3) is 3.61. The van der Waals surface area contributed by atoms with Gasteiger partial charge in [-0.1, -0.05) is 13.8 Å². The Morgan fingerprint density at radius 2 is 2.00 bits per heavy atom. The van der Waals surface area contributed by atoms with Gasteiger partial charge in [0, 0.05) is 12.1 Å². The molecule has 0 aromatic carbocycles. The highest BCUT2D eigenvalue weighted by atomic mass is 16.4. The molecule has 1 fully saturated rings. The molecule has 1 unspecified atom stereocenters. The summed E-state index contributed by atoms with van der Waals surface area (Å²) in [5.74, 6) is -1.36. The molecule has 0 spiro atoms. The van der Waals surface area contributed by atoms with E-state index < -0.39 is 11.9 Å². The molecule has 3 N–H and O–H groups in total. The van der Waals surface area contributed by atoms with Crippen molar-refractivity contribution in [2.75, 3.05) is 6.54 Å². The number of hydrogen-bond acceptors (Lipinski definition) is 2. The molecule has 1 rings (SSSR count). The van der Waals surface area contributed by atoms with Gasteiger partial charge in [0.1, 0.15) is 0 Å². The van der Waals surface area contributed by atoms with E-state index in [9.17, 15) is 9.59 Å². The molecule has 0 radical (unpaired) electrons. The first-order chi connectivity index (χ1) is 8.03. The second kappa shape index (κ2) is 5.89. The molecular formula is C12H22N2O3. The van der Waals surface area contributed by atoms with Crippen LogP contribution in [-0.4, -0.2) is 29.2 Å². The number of carboxylic acid groups (broad SMARTS) is 1. The lowest BCUT2D eigenvalue weighted by atomic mass is 9.75. The average Bonchev–Trinajstić information content (AvgIpc) is 2.24. The lowest BCUT2D eigenvalue weighted by molar-refractivity contribution is -0.141. The van der Waals surface area contributed by atoms with E-state index in [1.165, 1.54) is 0 Å². The molecule has 2 amide bonds. The molecule has 17 heavy (non-hydrogen) atoms. The van der Waals surface area contributed by atoms with E-state index in [-0.39, 0.29) is 18.1 Å². The second-order valence-corrected chi connectivity index (χ2v) is 4.77. The van der Waals surface area contributed by atoms with Crippen molar-refractivity contribution in [2.45, 2.75) is 51.5 Å². The van der Waals surface area contributed by atoms with Gasteiger partial charge >= 0.3 is 12.0 Å². The van der Waals surface area contributed by atoms with Gasteiger partial charge in [-0.2, -0.15) is 0 Å². The van der Waals surface area contributed by atoms with Crippen molar-refractivity contribution in [2.24, 2.45) is 5.92 Å². The molecule has 0 aromatic rings. The molecule has 0 heterocycles. The average molecular weight is 242 g/mol. The summed E-state index contributed by atoms with van der Waals surface area (Å²) in [5, 5.41) is 14.4. The SMILES string of the molecule is CCC(CNC(=O)NC1(CC)CCC1)C(=O)O. The highest BCUT2D eigenvalue weighted by Gasteiger charge is 2.36. The van der Waals surface area contributed by atoms with Crippen LogP contribution in [-0.2, 0) is 4.79 Å². The molecule has 0 bridgehead atoms. The minimum atomic E-state index is -0.860. The van der Waals surface area contributed by atoms with Gasteiger partial charge in [0.15, 0.2) is 0 Å². The second-order valence-electron chi connectivity index (χ2n) is 4.77. The molecule has 98 valence electrons. The molecular weight excluding hydrogens is 220 g/mol. The molecule has 1 atom stereocenters. The van der Waals surface area contributed by atoms with Crippen LogP contribution in [0, 0.1) is 5.92 Å². The molecule has 0 aromatic heterocycles. The number of carbonyl (C=O) groups excluding carboxylic acids is 1. The zero-order valence-corrected chi connectivity index (χ0v) is 10.6. The first-order valence-electron chi connectivity index (χ1n) is 6.32. The maximum atomic E-state index is 11.6. The molecule has 5 heteroatoms. The van der Waals surface area contributed by atoms with E-state index in [0.29, 0.717) is 6.42 Å². The Balaban J connectivity index is 2.32. The number of carbonyl (C=O) groups is 2. The van der Waals surface area contributed by atoms with Gasteiger partial charge in [-0.3, -0.25) is 4.79 Å².